The van der Waals surface area contributed by atoms with Crippen LogP contribution in [0.5, 0.6) is 5.75 Å². The van der Waals surface area contributed by atoms with Gasteiger partial charge in [-0.05, 0) is 92.8 Å². The lowest BCUT2D eigenvalue weighted by atomic mass is 9.87. The molecule has 2 fully saturated rings. The molecular weight excluding hydrogens is 512 g/mol. The molecule has 210 valence electrons. The van der Waals surface area contributed by atoms with Crippen LogP contribution in [0.15, 0.2) is 30.3 Å². The van der Waals surface area contributed by atoms with Gasteiger partial charge in [0.05, 0.1) is 12.0 Å². The third-order valence-corrected chi connectivity index (χ3v) is 7.77. The Balaban J connectivity index is 1.41. The summed E-state index contributed by atoms with van der Waals surface area (Å²) in [6.45, 7) is 2.47. The maximum absolute atomic E-state index is 14.1. The lowest BCUT2D eigenvalue weighted by Crippen LogP contribution is -2.37. The van der Waals surface area contributed by atoms with Crippen LogP contribution in [0, 0.1) is 11.8 Å². The largest absolute Gasteiger partial charge is 0.490 e. The molecule has 2 aromatic rings. The van der Waals surface area contributed by atoms with Crippen LogP contribution in [0.1, 0.15) is 62.5 Å². The molecule has 4 nitrogen and oxygen atoms in total. The van der Waals surface area contributed by atoms with Crippen LogP contribution in [-0.4, -0.2) is 47.9 Å². The van der Waals surface area contributed by atoms with Gasteiger partial charge < -0.3 is 14.7 Å². The second-order valence-electron chi connectivity index (χ2n) is 10.6. The number of carboxylic acids is 1. The van der Waals surface area contributed by atoms with Gasteiger partial charge in [0.1, 0.15) is 11.3 Å². The molecule has 0 bridgehead atoms. The fourth-order valence-corrected chi connectivity index (χ4v) is 5.87. The number of rotatable bonds is 8. The van der Waals surface area contributed by atoms with Crippen molar-refractivity contribution in [2.45, 2.75) is 76.2 Å². The normalized spacial score (nSPS) is 23.5. The summed E-state index contributed by atoms with van der Waals surface area (Å²) in [5, 5.41) is 9.48. The maximum Gasteiger partial charge on any atom is 0.420 e. The molecule has 1 N–H and O–H groups in total. The summed E-state index contributed by atoms with van der Waals surface area (Å²) in [6, 6.07) is 7.73. The number of nitrogens with zero attached hydrogens (tertiary/aromatic N) is 1. The third-order valence-electron chi connectivity index (χ3n) is 7.77. The van der Waals surface area contributed by atoms with E-state index < -0.39 is 35.9 Å². The minimum absolute atomic E-state index is 0.00951. The fraction of sp³-hybridized carbons (Fsp3) is 0.607. The summed E-state index contributed by atoms with van der Waals surface area (Å²) >= 11 is 0. The first-order valence-electron chi connectivity index (χ1n) is 13.2. The molecule has 1 heterocycles. The van der Waals surface area contributed by atoms with Gasteiger partial charge in [0.25, 0.3) is 0 Å². The number of benzene rings is 2. The van der Waals surface area contributed by atoms with E-state index in [9.17, 15) is 31.1 Å². The monoisotopic (exact) mass is 545 g/mol. The highest BCUT2D eigenvalue weighted by Gasteiger charge is 2.42. The van der Waals surface area contributed by atoms with E-state index in [4.69, 9.17) is 9.84 Å². The zero-order chi connectivity index (χ0) is 27.5. The molecule has 2 aliphatic rings. The Kier molecular flexibility index (Phi) is 8.79. The van der Waals surface area contributed by atoms with E-state index in [0.29, 0.717) is 11.8 Å². The predicted molar refractivity (Wildman–Crippen MR) is 131 cm³/mol. The van der Waals surface area contributed by atoms with Gasteiger partial charge in [0.2, 0.25) is 0 Å². The van der Waals surface area contributed by atoms with E-state index >= 15 is 0 Å². The van der Waals surface area contributed by atoms with E-state index in [1.807, 2.05) is 0 Å². The molecule has 0 aromatic heterocycles. The van der Waals surface area contributed by atoms with Crippen LogP contribution in [0.4, 0.5) is 26.3 Å². The number of carbonyl (C=O) groups is 1. The first-order chi connectivity index (χ1) is 17.9. The molecule has 1 unspecified atom stereocenters. The molecule has 1 aliphatic carbocycles. The maximum atomic E-state index is 14.1. The lowest BCUT2D eigenvalue weighted by Gasteiger charge is -2.32. The number of carboxylic acid groups (broad SMARTS) is 1. The van der Waals surface area contributed by atoms with E-state index in [2.05, 4.69) is 4.90 Å². The molecule has 10 heteroatoms. The van der Waals surface area contributed by atoms with Crippen molar-refractivity contribution in [2.75, 3.05) is 19.6 Å². The molecule has 0 radical (unpaired) electrons. The lowest BCUT2D eigenvalue weighted by molar-refractivity contribution is -0.185. The molecule has 0 amide bonds. The summed E-state index contributed by atoms with van der Waals surface area (Å²) in [6.07, 6.45) is -6.30. The van der Waals surface area contributed by atoms with Gasteiger partial charge in [-0.3, -0.25) is 4.79 Å². The number of aliphatic carboxylic acids is 1. The van der Waals surface area contributed by atoms with Gasteiger partial charge in [0, 0.05) is 13.0 Å². The average Bonchev–Trinajstić information content (AvgIpc) is 2.83. The Bertz CT molecular complexity index is 1110. The minimum atomic E-state index is -4.68. The first kappa shape index (κ1) is 28.5. The number of likely N-dealkylation sites (tertiary alicyclic amines) is 1. The smallest absolute Gasteiger partial charge is 0.420 e. The first-order valence-corrected chi connectivity index (χ1v) is 13.2. The number of hydrogen-bond acceptors (Lipinski definition) is 3. The zero-order valence-electron chi connectivity index (χ0n) is 21.1. The number of ether oxygens (including phenoxy) is 1. The van der Waals surface area contributed by atoms with Crippen molar-refractivity contribution in [2.24, 2.45) is 11.8 Å². The van der Waals surface area contributed by atoms with Crippen molar-refractivity contribution in [3.05, 3.63) is 41.5 Å². The highest BCUT2D eigenvalue weighted by Crippen LogP contribution is 2.44. The summed E-state index contributed by atoms with van der Waals surface area (Å²) in [7, 11) is 0. The highest BCUT2D eigenvalue weighted by atomic mass is 19.4. The predicted octanol–water partition coefficient (Wildman–Crippen LogP) is 7.48. The van der Waals surface area contributed by atoms with Gasteiger partial charge in [-0.2, -0.15) is 26.3 Å². The molecule has 1 saturated carbocycles. The van der Waals surface area contributed by atoms with Crippen molar-refractivity contribution < 1.29 is 41.0 Å². The number of fused-ring (bicyclic) bond motifs is 1. The summed E-state index contributed by atoms with van der Waals surface area (Å²) in [4.78, 5) is 13.3. The van der Waals surface area contributed by atoms with Crippen molar-refractivity contribution >= 4 is 16.7 Å². The Morgan fingerprint density at radius 3 is 2.39 bits per heavy atom. The number of piperidine rings is 1. The van der Waals surface area contributed by atoms with Crippen LogP contribution in [0.2, 0.25) is 0 Å². The minimum Gasteiger partial charge on any atom is -0.490 e. The molecule has 38 heavy (non-hydrogen) atoms. The number of hydrogen-bond donors (Lipinski definition) is 1. The van der Waals surface area contributed by atoms with Crippen LogP contribution in [-0.2, 0) is 17.4 Å². The Labute approximate surface area is 217 Å². The van der Waals surface area contributed by atoms with Crippen molar-refractivity contribution in [1.82, 2.24) is 4.90 Å². The molecule has 1 saturated heterocycles. The molecule has 0 spiro atoms. The van der Waals surface area contributed by atoms with E-state index in [1.54, 1.807) is 18.2 Å². The quantitative estimate of drug-likeness (QED) is 0.350. The van der Waals surface area contributed by atoms with Crippen molar-refractivity contribution in [3.63, 3.8) is 0 Å². The summed E-state index contributed by atoms with van der Waals surface area (Å²) < 4.78 is 86.8. The van der Waals surface area contributed by atoms with E-state index in [-0.39, 0.29) is 49.2 Å². The number of halogens is 6. The van der Waals surface area contributed by atoms with Gasteiger partial charge >= 0.3 is 18.3 Å². The molecular formula is C28H33F6NO3. The van der Waals surface area contributed by atoms with E-state index in [1.165, 1.54) is 12.1 Å². The Hall–Kier alpha value is -2.49. The second-order valence-corrected chi connectivity index (χ2v) is 10.6. The third kappa shape index (κ3) is 7.33. The van der Waals surface area contributed by atoms with Crippen LogP contribution in [0.3, 0.4) is 0 Å². The topological polar surface area (TPSA) is 49.8 Å². The van der Waals surface area contributed by atoms with Gasteiger partial charge in [-0.25, -0.2) is 0 Å². The molecule has 1 atom stereocenters. The van der Waals surface area contributed by atoms with E-state index in [0.717, 1.165) is 44.5 Å². The number of alkyl halides is 6. The molecule has 4 rings (SSSR count). The van der Waals surface area contributed by atoms with Gasteiger partial charge in [0.15, 0.2) is 0 Å². The highest BCUT2D eigenvalue weighted by molar-refractivity contribution is 5.89. The van der Waals surface area contributed by atoms with Crippen molar-refractivity contribution in [3.8, 4) is 5.75 Å². The standard InChI is InChI=1S/C28H33F6NO3/c29-27(30,31)21-7-9-22(10-8-21)38-24-12-6-20-15-18(5-11-23(20)26(24)28(32,33)34)3-1-13-35-14-2-4-19(17-35)16-25(36)37/h5-6,11-12,15,19,21-22H,1-4,7-10,13-14,16-17H2,(H,36,37). The van der Waals surface area contributed by atoms with Crippen LogP contribution >= 0.6 is 0 Å². The van der Waals surface area contributed by atoms with Crippen LogP contribution < -0.4 is 4.74 Å². The number of aryl methyl sites for hydroxylation is 1. The average molecular weight is 546 g/mol. The van der Waals surface area contributed by atoms with Gasteiger partial charge in [-0.1, -0.05) is 24.3 Å². The fourth-order valence-electron chi connectivity index (χ4n) is 5.87. The SMILES string of the molecule is O=C(O)CC1CCCN(CCCc2ccc3c(C(F)(F)F)c(OC4CCC(C(F)(F)F)CC4)ccc3c2)C1. The van der Waals surface area contributed by atoms with Crippen molar-refractivity contribution in [1.29, 1.82) is 0 Å². The molecule has 2 aromatic carbocycles. The Morgan fingerprint density at radius 1 is 1.00 bits per heavy atom. The second kappa shape index (κ2) is 11.7. The summed E-state index contributed by atoms with van der Waals surface area (Å²) in [5.41, 5.74) is 0.0149. The van der Waals surface area contributed by atoms with Crippen LogP contribution in [0.25, 0.3) is 10.8 Å². The Morgan fingerprint density at radius 2 is 1.74 bits per heavy atom. The summed E-state index contributed by atoms with van der Waals surface area (Å²) in [5.74, 6) is -2.40. The zero-order valence-corrected chi connectivity index (χ0v) is 21.1. The molecule has 1 aliphatic heterocycles. The van der Waals surface area contributed by atoms with Gasteiger partial charge in [-0.15, -0.1) is 0 Å².